The first-order chi connectivity index (χ1) is 15.5. The molecule has 6 heteroatoms. The van der Waals surface area contributed by atoms with Gasteiger partial charge in [-0.05, 0) is 49.2 Å². The van der Waals surface area contributed by atoms with E-state index in [1.807, 2.05) is 54.6 Å². The van der Waals surface area contributed by atoms with Gasteiger partial charge in [-0.25, -0.2) is 0 Å². The molecule has 0 fully saturated rings. The summed E-state index contributed by atoms with van der Waals surface area (Å²) in [4.78, 5) is 42.2. The highest BCUT2D eigenvalue weighted by Gasteiger charge is 2.39. The molecule has 160 valence electrons. The summed E-state index contributed by atoms with van der Waals surface area (Å²) in [6.07, 6.45) is 0.708. The van der Waals surface area contributed by atoms with Gasteiger partial charge in [0.15, 0.2) is 0 Å². The smallest absolute Gasteiger partial charge is 0.262 e. The van der Waals surface area contributed by atoms with Crippen molar-refractivity contribution in [2.45, 2.75) is 25.4 Å². The molecule has 0 bridgehead atoms. The fourth-order valence-electron chi connectivity index (χ4n) is 4.63. The average molecular weight is 425 g/mol. The van der Waals surface area contributed by atoms with Crippen LogP contribution in [0.2, 0.25) is 0 Å². The molecular formula is C26H23N3O3. The lowest BCUT2D eigenvalue weighted by atomic mass is 9.91. The molecule has 0 aromatic heterocycles. The van der Waals surface area contributed by atoms with Crippen molar-refractivity contribution in [3.63, 3.8) is 0 Å². The Morgan fingerprint density at radius 1 is 0.906 bits per heavy atom. The third-order valence-corrected chi connectivity index (χ3v) is 6.08. The molecule has 0 unspecified atom stereocenters. The number of benzene rings is 3. The van der Waals surface area contributed by atoms with E-state index in [1.165, 1.54) is 0 Å². The minimum atomic E-state index is -0.425. The fraction of sp³-hybridized carbons (Fsp3) is 0.192. The highest BCUT2D eigenvalue weighted by atomic mass is 16.2. The molecule has 5 rings (SSSR count). The maximum absolute atomic E-state index is 13.7. The van der Waals surface area contributed by atoms with Gasteiger partial charge in [-0.15, -0.1) is 0 Å². The Morgan fingerprint density at radius 2 is 1.50 bits per heavy atom. The molecule has 2 heterocycles. The van der Waals surface area contributed by atoms with Gasteiger partial charge in [0.2, 0.25) is 5.91 Å². The highest BCUT2D eigenvalue weighted by Crippen LogP contribution is 2.39. The first-order valence-electron chi connectivity index (χ1n) is 10.7. The van der Waals surface area contributed by atoms with E-state index in [-0.39, 0.29) is 24.5 Å². The third kappa shape index (κ3) is 3.34. The number of hydrogen-bond donors (Lipinski definition) is 1. The van der Waals surface area contributed by atoms with Gasteiger partial charge in [0.1, 0.15) is 6.54 Å². The third-order valence-electron chi connectivity index (χ3n) is 6.08. The lowest BCUT2D eigenvalue weighted by molar-refractivity contribution is -0.119. The van der Waals surface area contributed by atoms with Crippen LogP contribution in [0, 0.1) is 0 Å². The zero-order chi connectivity index (χ0) is 22.2. The van der Waals surface area contributed by atoms with Gasteiger partial charge in [0.25, 0.3) is 11.8 Å². The summed E-state index contributed by atoms with van der Waals surface area (Å²) in [5.74, 6) is -1.14. The molecule has 0 aliphatic carbocycles. The first-order valence-corrected chi connectivity index (χ1v) is 10.7. The van der Waals surface area contributed by atoms with E-state index in [9.17, 15) is 14.4 Å². The van der Waals surface area contributed by atoms with Crippen LogP contribution < -0.4 is 10.2 Å². The number of fused-ring (bicyclic) bond motifs is 2. The summed E-state index contributed by atoms with van der Waals surface area (Å²) in [5, 5.41) is 3.48. The average Bonchev–Trinajstić information content (AvgIpc) is 3.05. The molecule has 3 amide bonds. The van der Waals surface area contributed by atoms with Crippen molar-refractivity contribution in [1.29, 1.82) is 0 Å². The summed E-state index contributed by atoms with van der Waals surface area (Å²) in [6.45, 7) is 1.78. The molecular weight excluding hydrogens is 402 g/mol. The number of nitrogens with zero attached hydrogens (tertiary/aromatic N) is 2. The summed E-state index contributed by atoms with van der Waals surface area (Å²) >= 11 is 0. The van der Waals surface area contributed by atoms with E-state index in [4.69, 9.17) is 0 Å². The Balaban J connectivity index is 1.51. The van der Waals surface area contributed by atoms with Crippen LogP contribution in [0.3, 0.4) is 0 Å². The number of anilines is 2. The Kier molecular flexibility index (Phi) is 4.98. The van der Waals surface area contributed by atoms with Crippen LogP contribution in [0.15, 0.2) is 78.9 Å². The number of amides is 3. The number of rotatable bonds is 4. The number of hydrogen-bond acceptors (Lipinski definition) is 4. The number of para-hydroxylation sites is 2. The molecule has 0 radical (unpaired) electrons. The number of carbonyl (C=O) groups excluding carboxylic acids is 3. The second-order valence-electron chi connectivity index (χ2n) is 8.23. The van der Waals surface area contributed by atoms with Crippen LogP contribution in [0.5, 0.6) is 0 Å². The van der Waals surface area contributed by atoms with Crippen molar-refractivity contribution in [3.8, 4) is 0 Å². The Labute approximate surface area is 186 Å². The van der Waals surface area contributed by atoms with Gasteiger partial charge in [-0.3, -0.25) is 19.3 Å². The number of carbonyl (C=O) groups is 3. The maximum atomic E-state index is 13.7. The Bertz CT molecular complexity index is 1170. The van der Waals surface area contributed by atoms with E-state index in [0.29, 0.717) is 17.5 Å². The highest BCUT2D eigenvalue weighted by molar-refractivity contribution is 6.22. The summed E-state index contributed by atoms with van der Waals surface area (Å²) in [5.41, 5.74) is 3.44. The Morgan fingerprint density at radius 3 is 2.19 bits per heavy atom. The predicted molar refractivity (Wildman–Crippen MR) is 123 cm³/mol. The van der Waals surface area contributed by atoms with Gasteiger partial charge in [0.05, 0.1) is 17.2 Å². The van der Waals surface area contributed by atoms with Gasteiger partial charge >= 0.3 is 0 Å². The lowest BCUT2D eigenvalue weighted by Gasteiger charge is -2.39. The largest absolute Gasteiger partial charge is 0.382 e. The fourth-order valence-corrected chi connectivity index (χ4v) is 4.63. The molecule has 2 atom stereocenters. The van der Waals surface area contributed by atoms with Crippen LogP contribution in [-0.4, -0.2) is 35.2 Å². The van der Waals surface area contributed by atoms with Crippen LogP contribution in [0.1, 0.15) is 45.7 Å². The number of imide groups is 1. The molecule has 2 aliphatic heterocycles. The SMILES string of the molecule is C[C@@H]1C[C@H](N(C(=O)CN2C(=O)c3ccccc3C2=O)c2ccccc2)c2ccccc2N1. The van der Waals surface area contributed by atoms with Crippen molar-refractivity contribution in [2.24, 2.45) is 0 Å². The minimum Gasteiger partial charge on any atom is -0.382 e. The standard InChI is InChI=1S/C26H23N3O3/c1-17-15-23(21-13-7-8-14-22(21)27-17)29(18-9-3-2-4-10-18)24(30)16-28-25(31)19-11-5-6-12-20(19)26(28)32/h2-14,17,23,27H,15-16H2,1H3/t17-,23+/m1/s1. The van der Waals surface area contributed by atoms with Crippen LogP contribution in [-0.2, 0) is 4.79 Å². The Hall–Kier alpha value is -3.93. The zero-order valence-corrected chi connectivity index (χ0v) is 17.7. The molecule has 0 spiro atoms. The molecule has 1 N–H and O–H groups in total. The summed E-state index contributed by atoms with van der Waals surface area (Å²) < 4.78 is 0. The van der Waals surface area contributed by atoms with Gasteiger partial charge in [0, 0.05) is 17.4 Å². The minimum absolute atomic E-state index is 0.160. The first kappa shape index (κ1) is 20.0. The van der Waals surface area contributed by atoms with E-state index in [2.05, 4.69) is 12.2 Å². The van der Waals surface area contributed by atoms with Crippen LogP contribution in [0.4, 0.5) is 11.4 Å². The molecule has 0 saturated heterocycles. The van der Waals surface area contributed by atoms with Gasteiger partial charge in [-0.2, -0.15) is 0 Å². The van der Waals surface area contributed by atoms with Crippen LogP contribution in [0.25, 0.3) is 0 Å². The van der Waals surface area contributed by atoms with E-state index in [1.54, 1.807) is 29.2 Å². The van der Waals surface area contributed by atoms with Crippen molar-refractivity contribution < 1.29 is 14.4 Å². The van der Waals surface area contributed by atoms with Gasteiger partial charge < -0.3 is 10.2 Å². The van der Waals surface area contributed by atoms with Crippen molar-refractivity contribution in [2.75, 3.05) is 16.8 Å². The quantitative estimate of drug-likeness (QED) is 0.634. The van der Waals surface area contributed by atoms with E-state index >= 15 is 0 Å². The molecule has 3 aromatic carbocycles. The molecule has 2 aliphatic rings. The summed E-state index contributed by atoms with van der Waals surface area (Å²) in [6, 6.07) is 24.0. The zero-order valence-electron chi connectivity index (χ0n) is 17.7. The molecule has 3 aromatic rings. The molecule has 32 heavy (non-hydrogen) atoms. The van der Waals surface area contributed by atoms with Crippen LogP contribution >= 0.6 is 0 Å². The topological polar surface area (TPSA) is 69.7 Å². The summed E-state index contributed by atoms with van der Waals surface area (Å²) in [7, 11) is 0. The lowest BCUT2D eigenvalue weighted by Crippen LogP contribution is -2.46. The van der Waals surface area contributed by atoms with Gasteiger partial charge in [-0.1, -0.05) is 48.5 Å². The second-order valence-corrected chi connectivity index (χ2v) is 8.23. The normalized spacial score (nSPS) is 19.2. The maximum Gasteiger partial charge on any atom is 0.262 e. The van der Waals surface area contributed by atoms with Crippen molar-refractivity contribution in [1.82, 2.24) is 4.90 Å². The number of nitrogens with one attached hydrogen (secondary N) is 1. The molecule has 0 saturated carbocycles. The van der Waals surface area contributed by atoms with Crippen molar-refractivity contribution in [3.05, 3.63) is 95.6 Å². The van der Waals surface area contributed by atoms with E-state index in [0.717, 1.165) is 21.8 Å². The van der Waals surface area contributed by atoms with Crippen molar-refractivity contribution >= 4 is 29.1 Å². The molecule has 6 nitrogen and oxygen atoms in total. The monoisotopic (exact) mass is 425 g/mol. The predicted octanol–water partition coefficient (Wildman–Crippen LogP) is 4.26. The second kappa shape index (κ2) is 7.96. The van der Waals surface area contributed by atoms with E-state index < -0.39 is 11.8 Å².